The minimum Gasteiger partial charge on any atom is -0.326 e. The number of anilines is 2. The number of hydrogen-bond acceptors (Lipinski definition) is 3. The number of amides is 2. The first-order valence-electron chi connectivity index (χ1n) is 9.45. The SMILES string of the molecule is Cc1cc(NC(=O)c2cccc(NC(=O)C3CC3C)c2)n(-c2cccc(Br)c2)n1. The molecule has 1 aromatic heterocycles. The van der Waals surface area contributed by atoms with E-state index in [4.69, 9.17) is 0 Å². The van der Waals surface area contributed by atoms with Gasteiger partial charge in [-0.1, -0.05) is 35.0 Å². The second-order valence-corrected chi connectivity index (χ2v) is 8.32. The molecule has 1 heterocycles. The van der Waals surface area contributed by atoms with Gasteiger partial charge in [0.1, 0.15) is 5.82 Å². The fraction of sp³-hybridized carbons (Fsp3) is 0.227. The zero-order valence-electron chi connectivity index (χ0n) is 16.1. The van der Waals surface area contributed by atoms with Crippen LogP contribution in [-0.2, 0) is 4.79 Å². The summed E-state index contributed by atoms with van der Waals surface area (Å²) in [5.41, 5.74) is 2.71. The Balaban J connectivity index is 1.53. The second kappa shape index (κ2) is 7.83. The molecule has 2 N–H and O–H groups in total. The predicted octanol–water partition coefficient (Wildman–Crippen LogP) is 4.79. The number of carbonyl (C=O) groups is 2. The molecule has 2 aromatic carbocycles. The highest BCUT2D eigenvalue weighted by Crippen LogP contribution is 2.38. The van der Waals surface area contributed by atoms with Crippen LogP contribution in [0, 0.1) is 18.8 Å². The zero-order valence-corrected chi connectivity index (χ0v) is 17.7. The van der Waals surface area contributed by atoms with E-state index in [9.17, 15) is 9.59 Å². The summed E-state index contributed by atoms with van der Waals surface area (Å²) in [4.78, 5) is 25.0. The van der Waals surface area contributed by atoms with Gasteiger partial charge in [-0.05, 0) is 55.7 Å². The highest BCUT2D eigenvalue weighted by Gasteiger charge is 2.39. The number of hydrogen-bond donors (Lipinski definition) is 2. The van der Waals surface area contributed by atoms with Gasteiger partial charge in [0.25, 0.3) is 5.91 Å². The van der Waals surface area contributed by atoms with Crippen molar-refractivity contribution in [1.29, 1.82) is 0 Å². The van der Waals surface area contributed by atoms with Gasteiger partial charge in [-0.15, -0.1) is 0 Å². The van der Waals surface area contributed by atoms with Crippen LogP contribution in [0.2, 0.25) is 0 Å². The topological polar surface area (TPSA) is 76.0 Å². The Morgan fingerprint density at radius 1 is 1.10 bits per heavy atom. The van der Waals surface area contributed by atoms with Gasteiger partial charge in [-0.25, -0.2) is 4.68 Å². The molecule has 2 amide bonds. The fourth-order valence-electron chi connectivity index (χ4n) is 3.24. The van der Waals surface area contributed by atoms with Crippen LogP contribution in [0.3, 0.4) is 0 Å². The van der Waals surface area contributed by atoms with Crippen molar-refractivity contribution < 1.29 is 9.59 Å². The third-order valence-electron chi connectivity index (χ3n) is 4.96. The van der Waals surface area contributed by atoms with Gasteiger partial charge in [-0.2, -0.15) is 5.10 Å². The van der Waals surface area contributed by atoms with Crippen LogP contribution in [-0.4, -0.2) is 21.6 Å². The molecular formula is C22H21BrN4O2. The molecule has 3 aromatic rings. The molecule has 0 radical (unpaired) electrons. The van der Waals surface area contributed by atoms with Gasteiger partial charge in [0.05, 0.1) is 11.4 Å². The van der Waals surface area contributed by atoms with E-state index in [1.807, 2.05) is 37.3 Å². The molecule has 2 atom stereocenters. The summed E-state index contributed by atoms with van der Waals surface area (Å²) in [7, 11) is 0. The molecule has 1 aliphatic rings. The summed E-state index contributed by atoms with van der Waals surface area (Å²) in [6.07, 6.45) is 0.922. The standard InChI is InChI=1S/C22H21BrN4O2/c1-13-9-19(13)22(29)24-17-7-3-5-15(11-17)21(28)25-20-10-14(2)26-27(20)18-8-4-6-16(23)12-18/h3-8,10-13,19H,9H2,1-2H3,(H,24,29)(H,25,28). The van der Waals surface area contributed by atoms with Crippen LogP contribution in [0.15, 0.2) is 59.1 Å². The summed E-state index contributed by atoms with van der Waals surface area (Å²) >= 11 is 3.46. The third kappa shape index (κ3) is 4.40. The first kappa shape index (κ1) is 19.4. The van der Waals surface area contributed by atoms with Crippen LogP contribution < -0.4 is 10.6 Å². The largest absolute Gasteiger partial charge is 0.326 e. The molecule has 29 heavy (non-hydrogen) atoms. The summed E-state index contributed by atoms with van der Waals surface area (Å²) in [5, 5.41) is 10.3. The van der Waals surface area contributed by atoms with Crippen molar-refractivity contribution in [3.05, 3.63) is 70.3 Å². The Labute approximate surface area is 177 Å². The number of aromatic nitrogens is 2. The van der Waals surface area contributed by atoms with Gasteiger partial charge in [0.15, 0.2) is 0 Å². The summed E-state index contributed by atoms with van der Waals surface area (Å²) < 4.78 is 2.62. The van der Waals surface area contributed by atoms with Crippen LogP contribution in [0.1, 0.15) is 29.4 Å². The quantitative estimate of drug-likeness (QED) is 0.583. The van der Waals surface area contributed by atoms with Crippen molar-refractivity contribution in [2.24, 2.45) is 11.8 Å². The Morgan fingerprint density at radius 2 is 1.86 bits per heavy atom. The zero-order chi connectivity index (χ0) is 20.5. The molecule has 148 valence electrons. The molecule has 1 aliphatic carbocycles. The highest BCUT2D eigenvalue weighted by molar-refractivity contribution is 9.10. The van der Waals surface area contributed by atoms with E-state index in [2.05, 4.69) is 38.6 Å². The molecule has 2 unspecified atom stereocenters. The van der Waals surface area contributed by atoms with Gasteiger partial charge in [0.2, 0.25) is 5.91 Å². The number of nitrogens with zero attached hydrogens (tertiary/aromatic N) is 2. The lowest BCUT2D eigenvalue weighted by Gasteiger charge is -2.10. The fourth-order valence-corrected chi connectivity index (χ4v) is 3.63. The van der Waals surface area contributed by atoms with Crippen molar-refractivity contribution in [2.45, 2.75) is 20.3 Å². The van der Waals surface area contributed by atoms with E-state index in [1.165, 1.54) is 0 Å². The molecule has 0 spiro atoms. The van der Waals surface area contributed by atoms with E-state index in [0.717, 1.165) is 22.3 Å². The van der Waals surface area contributed by atoms with Crippen LogP contribution >= 0.6 is 15.9 Å². The Morgan fingerprint density at radius 3 is 2.59 bits per heavy atom. The Bertz CT molecular complexity index is 1090. The number of rotatable bonds is 5. The van der Waals surface area contributed by atoms with Crippen LogP contribution in [0.25, 0.3) is 5.69 Å². The smallest absolute Gasteiger partial charge is 0.256 e. The molecule has 4 rings (SSSR count). The van der Waals surface area contributed by atoms with Gasteiger partial charge >= 0.3 is 0 Å². The average molecular weight is 453 g/mol. The summed E-state index contributed by atoms with van der Waals surface area (Å²) in [5.74, 6) is 0.834. The van der Waals surface area contributed by atoms with Gasteiger partial charge in [-0.3, -0.25) is 9.59 Å². The van der Waals surface area contributed by atoms with Crippen molar-refractivity contribution in [3.8, 4) is 5.69 Å². The summed E-state index contributed by atoms with van der Waals surface area (Å²) in [6.45, 7) is 3.93. The van der Waals surface area contributed by atoms with E-state index < -0.39 is 0 Å². The maximum atomic E-state index is 12.8. The minimum absolute atomic E-state index is 0.0124. The number of carbonyl (C=O) groups excluding carboxylic acids is 2. The normalized spacial score (nSPS) is 17.6. The lowest BCUT2D eigenvalue weighted by atomic mass is 10.2. The Hall–Kier alpha value is -2.93. The molecule has 0 saturated heterocycles. The lowest BCUT2D eigenvalue weighted by Crippen LogP contribution is -2.17. The first-order chi connectivity index (χ1) is 13.9. The maximum Gasteiger partial charge on any atom is 0.256 e. The number of benzene rings is 2. The van der Waals surface area contributed by atoms with Crippen molar-refractivity contribution >= 4 is 39.2 Å². The maximum absolute atomic E-state index is 12.8. The number of aryl methyl sites for hydroxylation is 1. The van der Waals surface area contributed by atoms with Gasteiger partial charge < -0.3 is 10.6 Å². The molecule has 6 nitrogen and oxygen atoms in total. The average Bonchev–Trinajstić information content (AvgIpc) is 3.31. The third-order valence-corrected chi connectivity index (χ3v) is 5.46. The van der Waals surface area contributed by atoms with Crippen molar-refractivity contribution in [3.63, 3.8) is 0 Å². The van der Waals surface area contributed by atoms with Crippen molar-refractivity contribution in [1.82, 2.24) is 9.78 Å². The van der Waals surface area contributed by atoms with E-state index in [-0.39, 0.29) is 17.7 Å². The van der Waals surface area contributed by atoms with Crippen molar-refractivity contribution in [2.75, 3.05) is 10.6 Å². The molecular weight excluding hydrogens is 432 g/mol. The van der Waals surface area contributed by atoms with Crippen LogP contribution in [0.4, 0.5) is 11.5 Å². The molecule has 0 bridgehead atoms. The molecule has 0 aliphatic heterocycles. The first-order valence-corrected chi connectivity index (χ1v) is 10.2. The second-order valence-electron chi connectivity index (χ2n) is 7.41. The molecule has 1 saturated carbocycles. The van der Waals surface area contributed by atoms with E-state index >= 15 is 0 Å². The molecule has 7 heteroatoms. The Kier molecular flexibility index (Phi) is 5.24. The summed E-state index contributed by atoms with van der Waals surface area (Å²) in [6, 6.07) is 16.5. The lowest BCUT2D eigenvalue weighted by molar-refractivity contribution is -0.117. The molecule has 1 fully saturated rings. The highest BCUT2D eigenvalue weighted by atomic mass is 79.9. The van der Waals surface area contributed by atoms with Crippen LogP contribution in [0.5, 0.6) is 0 Å². The van der Waals surface area contributed by atoms with Gasteiger partial charge in [0, 0.05) is 27.7 Å². The monoisotopic (exact) mass is 452 g/mol. The van der Waals surface area contributed by atoms with E-state index in [1.54, 1.807) is 28.9 Å². The predicted molar refractivity (Wildman–Crippen MR) is 116 cm³/mol. The van der Waals surface area contributed by atoms with E-state index in [0.29, 0.717) is 23.0 Å². The number of nitrogens with one attached hydrogen (secondary N) is 2. The minimum atomic E-state index is -0.267. The number of halogens is 1.